The Kier molecular flexibility index (Phi) is 5.46. The van der Waals surface area contributed by atoms with Gasteiger partial charge in [-0.2, -0.15) is 0 Å². The predicted octanol–water partition coefficient (Wildman–Crippen LogP) is 3.21. The molecule has 1 unspecified atom stereocenters. The summed E-state index contributed by atoms with van der Waals surface area (Å²) in [6.45, 7) is 3.06. The smallest absolute Gasteiger partial charge is 0.141 e. The Balaban J connectivity index is 2.28. The third-order valence-electron chi connectivity index (χ3n) is 3.27. The van der Waals surface area contributed by atoms with Gasteiger partial charge in [0, 0.05) is 12.1 Å². The van der Waals surface area contributed by atoms with E-state index in [0.29, 0.717) is 13.2 Å². The second-order valence-corrected chi connectivity index (χ2v) is 4.60. The minimum atomic E-state index is -0.0379. The van der Waals surface area contributed by atoms with Crippen molar-refractivity contribution in [1.29, 1.82) is 0 Å². The van der Waals surface area contributed by atoms with Crippen LogP contribution in [0.25, 0.3) is 0 Å². The molecule has 2 rings (SSSR count). The van der Waals surface area contributed by atoms with Crippen molar-refractivity contribution < 1.29 is 9.47 Å². The van der Waals surface area contributed by atoms with Gasteiger partial charge in [0.2, 0.25) is 0 Å². The highest BCUT2D eigenvalue weighted by Gasteiger charge is 2.15. The molecule has 0 heterocycles. The molecule has 112 valence electrons. The van der Waals surface area contributed by atoms with Crippen LogP contribution in [0.2, 0.25) is 0 Å². The summed E-state index contributed by atoms with van der Waals surface area (Å²) in [4.78, 5) is 0. The van der Waals surface area contributed by atoms with Crippen molar-refractivity contribution in [1.82, 2.24) is 0 Å². The van der Waals surface area contributed by atoms with Crippen molar-refractivity contribution in [2.45, 2.75) is 13.0 Å². The second kappa shape index (κ2) is 7.55. The average molecular weight is 286 g/mol. The van der Waals surface area contributed by atoms with Crippen LogP contribution in [0.15, 0.2) is 48.5 Å². The summed E-state index contributed by atoms with van der Waals surface area (Å²) < 4.78 is 11.1. The maximum absolute atomic E-state index is 5.95. The second-order valence-electron chi connectivity index (χ2n) is 4.60. The van der Waals surface area contributed by atoms with E-state index >= 15 is 0 Å². The van der Waals surface area contributed by atoms with Crippen molar-refractivity contribution in [2.75, 3.05) is 25.6 Å². The highest BCUT2D eigenvalue weighted by atomic mass is 16.5. The highest BCUT2D eigenvalue weighted by molar-refractivity contribution is 5.58. The number of methoxy groups -OCH3 is 1. The molecule has 0 aliphatic heterocycles. The van der Waals surface area contributed by atoms with E-state index < -0.39 is 0 Å². The Morgan fingerprint density at radius 3 is 2.38 bits per heavy atom. The third-order valence-corrected chi connectivity index (χ3v) is 3.27. The standard InChI is InChI=1S/C17H22N2O2/c1-3-21-16-10-6-4-8-13(16)15(12-18)19-14-9-5-7-11-17(14)20-2/h4-11,15,19H,3,12,18H2,1-2H3. The number of anilines is 1. The Labute approximate surface area is 125 Å². The number of hydrogen-bond donors (Lipinski definition) is 2. The number of ether oxygens (including phenoxy) is 2. The summed E-state index contributed by atoms with van der Waals surface area (Å²) in [5.41, 5.74) is 7.92. The van der Waals surface area contributed by atoms with Gasteiger partial charge < -0.3 is 20.5 Å². The quantitative estimate of drug-likeness (QED) is 0.820. The van der Waals surface area contributed by atoms with E-state index in [1.54, 1.807) is 7.11 Å². The van der Waals surface area contributed by atoms with Gasteiger partial charge in [0.15, 0.2) is 0 Å². The third kappa shape index (κ3) is 3.67. The number of rotatable bonds is 7. The van der Waals surface area contributed by atoms with Gasteiger partial charge in [-0.25, -0.2) is 0 Å². The van der Waals surface area contributed by atoms with Crippen LogP contribution < -0.4 is 20.5 Å². The summed E-state index contributed by atoms with van der Waals surface area (Å²) in [5, 5.41) is 3.43. The van der Waals surface area contributed by atoms with E-state index in [0.717, 1.165) is 22.7 Å². The predicted molar refractivity (Wildman–Crippen MR) is 86.0 cm³/mol. The molecular weight excluding hydrogens is 264 g/mol. The summed E-state index contributed by atoms with van der Waals surface area (Å²) in [6, 6.07) is 15.7. The zero-order valence-electron chi connectivity index (χ0n) is 12.5. The van der Waals surface area contributed by atoms with Crippen LogP contribution in [0.3, 0.4) is 0 Å². The molecule has 3 N–H and O–H groups in total. The van der Waals surface area contributed by atoms with Crippen LogP contribution in [0.4, 0.5) is 5.69 Å². The van der Waals surface area contributed by atoms with Crippen molar-refractivity contribution >= 4 is 5.69 Å². The molecule has 0 spiro atoms. The first kappa shape index (κ1) is 15.2. The lowest BCUT2D eigenvalue weighted by atomic mass is 10.1. The maximum atomic E-state index is 5.95. The van der Waals surface area contributed by atoms with Crippen LogP contribution in [-0.2, 0) is 0 Å². The van der Waals surface area contributed by atoms with Crippen LogP contribution in [0.1, 0.15) is 18.5 Å². The van der Waals surface area contributed by atoms with Gasteiger partial charge in [0.25, 0.3) is 0 Å². The minimum absolute atomic E-state index is 0.0379. The van der Waals surface area contributed by atoms with Crippen molar-refractivity contribution in [3.63, 3.8) is 0 Å². The number of hydrogen-bond acceptors (Lipinski definition) is 4. The number of benzene rings is 2. The summed E-state index contributed by atoms with van der Waals surface area (Å²) in [7, 11) is 1.66. The van der Waals surface area contributed by atoms with E-state index in [1.165, 1.54) is 0 Å². The van der Waals surface area contributed by atoms with Gasteiger partial charge in [0.1, 0.15) is 11.5 Å². The molecule has 4 heteroatoms. The SMILES string of the molecule is CCOc1ccccc1C(CN)Nc1ccccc1OC. The fourth-order valence-electron chi connectivity index (χ4n) is 2.27. The van der Waals surface area contributed by atoms with Gasteiger partial charge in [-0.15, -0.1) is 0 Å². The number of nitrogens with two attached hydrogens (primary N) is 1. The lowest BCUT2D eigenvalue weighted by Crippen LogP contribution is -2.21. The lowest BCUT2D eigenvalue weighted by Gasteiger charge is -2.22. The molecule has 0 saturated carbocycles. The lowest BCUT2D eigenvalue weighted by molar-refractivity contribution is 0.335. The topological polar surface area (TPSA) is 56.5 Å². The van der Waals surface area contributed by atoms with E-state index in [1.807, 2.05) is 55.5 Å². The van der Waals surface area contributed by atoms with Gasteiger partial charge >= 0.3 is 0 Å². The Bertz CT molecular complexity index is 572. The molecule has 0 radical (unpaired) electrons. The van der Waals surface area contributed by atoms with Gasteiger partial charge in [-0.05, 0) is 25.1 Å². The van der Waals surface area contributed by atoms with Crippen molar-refractivity contribution in [3.05, 3.63) is 54.1 Å². The summed E-state index contributed by atoms with van der Waals surface area (Å²) >= 11 is 0. The molecule has 2 aromatic rings. The first-order valence-electron chi connectivity index (χ1n) is 7.11. The Morgan fingerprint density at radius 2 is 1.71 bits per heavy atom. The molecule has 2 aromatic carbocycles. The first-order chi connectivity index (χ1) is 10.3. The monoisotopic (exact) mass is 286 g/mol. The molecule has 0 saturated heterocycles. The molecule has 0 bridgehead atoms. The van der Waals surface area contributed by atoms with Crippen molar-refractivity contribution in [2.24, 2.45) is 5.73 Å². The first-order valence-corrected chi connectivity index (χ1v) is 7.11. The Morgan fingerprint density at radius 1 is 1.05 bits per heavy atom. The number of nitrogens with one attached hydrogen (secondary N) is 1. The van der Waals surface area contributed by atoms with E-state index in [-0.39, 0.29) is 6.04 Å². The molecule has 1 atom stereocenters. The van der Waals surface area contributed by atoms with Crippen LogP contribution in [0, 0.1) is 0 Å². The molecule has 4 nitrogen and oxygen atoms in total. The Hall–Kier alpha value is -2.20. The largest absolute Gasteiger partial charge is 0.495 e. The highest BCUT2D eigenvalue weighted by Crippen LogP contribution is 2.31. The summed E-state index contributed by atoms with van der Waals surface area (Å²) in [6.07, 6.45) is 0. The molecule has 0 amide bonds. The van der Waals surface area contributed by atoms with Crippen LogP contribution in [-0.4, -0.2) is 20.3 Å². The summed E-state index contributed by atoms with van der Waals surface area (Å²) in [5.74, 6) is 1.66. The minimum Gasteiger partial charge on any atom is -0.495 e. The molecule has 0 aliphatic carbocycles. The van der Waals surface area contributed by atoms with Gasteiger partial charge in [-0.1, -0.05) is 30.3 Å². The van der Waals surface area contributed by atoms with E-state index in [9.17, 15) is 0 Å². The zero-order chi connectivity index (χ0) is 15.1. The molecule has 0 aliphatic rings. The van der Waals surface area contributed by atoms with E-state index in [2.05, 4.69) is 5.32 Å². The molecular formula is C17H22N2O2. The zero-order valence-corrected chi connectivity index (χ0v) is 12.5. The van der Waals surface area contributed by atoms with Crippen molar-refractivity contribution in [3.8, 4) is 11.5 Å². The number of para-hydroxylation sites is 3. The van der Waals surface area contributed by atoms with Crippen LogP contribution >= 0.6 is 0 Å². The van der Waals surface area contributed by atoms with Gasteiger partial charge in [-0.3, -0.25) is 0 Å². The van der Waals surface area contributed by atoms with E-state index in [4.69, 9.17) is 15.2 Å². The average Bonchev–Trinajstić information content (AvgIpc) is 2.54. The molecule has 0 aromatic heterocycles. The fraction of sp³-hybridized carbons (Fsp3) is 0.294. The fourth-order valence-corrected chi connectivity index (χ4v) is 2.27. The van der Waals surface area contributed by atoms with Gasteiger partial charge in [0.05, 0.1) is 25.4 Å². The van der Waals surface area contributed by atoms with Crippen LogP contribution in [0.5, 0.6) is 11.5 Å². The normalized spacial score (nSPS) is 11.8. The molecule has 21 heavy (non-hydrogen) atoms. The molecule has 0 fully saturated rings. The maximum Gasteiger partial charge on any atom is 0.141 e.